The average molecular weight is 357 g/mol. The number of aromatic nitrogens is 2. The van der Waals surface area contributed by atoms with Gasteiger partial charge in [0.25, 0.3) is 0 Å². The minimum Gasteiger partial charge on any atom is -0.497 e. The molecule has 0 aliphatic carbocycles. The minimum absolute atomic E-state index is 0.358. The van der Waals surface area contributed by atoms with E-state index in [0.717, 1.165) is 33.6 Å². The van der Waals surface area contributed by atoms with E-state index in [1.165, 1.54) is 0 Å². The van der Waals surface area contributed by atoms with Gasteiger partial charge in [-0.05, 0) is 50.1 Å². The maximum absolute atomic E-state index is 12.6. The van der Waals surface area contributed by atoms with Gasteiger partial charge in [-0.15, -0.1) is 0 Å². The Bertz CT molecular complexity index is 895. The molecular weight excluding hydrogens is 334 g/mol. The fourth-order valence-electron chi connectivity index (χ4n) is 2.51. The van der Waals surface area contributed by atoms with Crippen molar-refractivity contribution in [2.24, 2.45) is 0 Å². The number of fused-ring (bicyclic) bond motifs is 1. The first-order chi connectivity index (χ1) is 11.9. The van der Waals surface area contributed by atoms with E-state index in [9.17, 15) is 4.21 Å². The van der Waals surface area contributed by atoms with Crippen molar-refractivity contribution in [3.63, 3.8) is 0 Å². The molecule has 1 unspecified atom stereocenters. The Morgan fingerprint density at radius 2 is 1.92 bits per heavy atom. The molecule has 0 aliphatic heterocycles. The molecule has 132 valence electrons. The normalized spacial score (nSPS) is 13.0. The molecule has 25 heavy (non-hydrogen) atoms. The van der Waals surface area contributed by atoms with Crippen LogP contribution in [0.5, 0.6) is 5.75 Å². The smallest absolute Gasteiger partial charge is 0.139 e. The number of H-pyrrole nitrogens is 1. The van der Waals surface area contributed by atoms with Gasteiger partial charge in [0, 0.05) is 24.2 Å². The van der Waals surface area contributed by atoms with Gasteiger partial charge in [-0.2, -0.15) is 0 Å². The summed E-state index contributed by atoms with van der Waals surface area (Å²) in [6, 6.07) is 9.91. The molecule has 0 bridgehead atoms. The van der Waals surface area contributed by atoms with Crippen molar-refractivity contribution in [3.8, 4) is 5.75 Å². The summed E-state index contributed by atoms with van der Waals surface area (Å²) in [5, 5.41) is 0.948. The molecule has 2 N–H and O–H groups in total. The second-order valence-electron chi connectivity index (χ2n) is 6.91. The zero-order chi connectivity index (χ0) is 18.0. The summed E-state index contributed by atoms with van der Waals surface area (Å²) >= 11 is 0. The van der Waals surface area contributed by atoms with Crippen molar-refractivity contribution < 1.29 is 8.95 Å². The number of rotatable bonds is 5. The maximum atomic E-state index is 12.6. The van der Waals surface area contributed by atoms with Gasteiger partial charge in [-0.1, -0.05) is 12.1 Å². The SMILES string of the molecule is COc1ccc(Cc2cnc3[nH]ccc3c2NS(=O)C(C)(C)C)cc1. The van der Waals surface area contributed by atoms with Crippen LogP contribution in [0.15, 0.2) is 42.7 Å². The highest BCUT2D eigenvalue weighted by Gasteiger charge is 2.22. The van der Waals surface area contributed by atoms with E-state index in [4.69, 9.17) is 4.74 Å². The summed E-state index contributed by atoms with van der Waals surface area (Å²) in [7, 11) is 0.442. The number of methoxy groups -OCH3 is 1. The van der Waals surface area contributed by atoms with Gasteiger partial charge in [0.1, 0.15) is 22.4 Å². The zero-order valence-electron chi connectivity index (χ0n) is 14.9. The number of aromatic amines is 1. The Balaban J connectivity index is 1.98. The van der Waals surface area contributed by atoms with Crippen molar-refractivity contribution in [2.45, 2.75) is 31.9 Å². The number of nitrogens with one attached hydrogen (secondary N) is 2. The van der Waals surface area contributed by atoms with E-state index in [1.54, 1.807) is 7.11 Å². The topological polar surface area (TPSA) is 67.0 Å². The first-order valence-corrected chi connectivity index (χ1v) is 9.30. The highest BCUT2D eigenvalue weighted by atomic mass is 32.2. The summed E-state index contributed by atoms with van der Waals surface area (Å²) in [5.41, 5.74) is 3.80. The maximum Gasteiger partial charge on any atom is 0.139 e. The molecule has 3 rings (SSSR count). The van der Waals surface area contributed by atoms with Crippen LogP contribution in [0.2, 0.25) is 0 Å². The monoisotopic (exact) mass is 357 g/mol. The van der Waals surface area contributed by atoms with Crippen LogP contribution in [0.4, 0.5) is 5.69 Å². The van der Waals surface area contributed by atoms with Gasteiger partial charge in [0.2, 0.25) is 0 Å². The van der Waals surface area contributed by atoms with Crippen molar-refractivity contribution in [2.75, 3.05) is 11.8 Å². The largest absolute Gasteiger partial charge is 0.497 e. The van der Waals surface area contributed by atoms with Gasteiger partial charge in [0.05, 0.1) is 17.5 Å². The van der Waals surface area contributed by atoms with E-state index in [0.29, 0.717) is 6.42 Å². The highest BCUT2D eigenvalue weighted by molar-refractivity contribution is 7.87. The molecule has 1 atom stereocenters. The van der Waals surface area contributed by atoms with Gasteiger partial charge in [0.15, 0.2) is 0 Å². The van der Waals surface area contributed by atoms with E-state index in [-0.39, 0.29) is 4.75 Å². The number of benzene rings is 1. The van der Waals surface area contributed by atoms with Crippen molar-refractivity contribution >= 4 is 27.7 Å². The molecule has 5 nitrogen and oxygen atoms in total. The second-order valence-corrected chi connectivity index (χ2v) is 8.87. The number of ether oxygens (including phenoxy) is 1. The third-order valence-electron chi connectivity index (χ3n) is 3.97. The molecule has 2 heterocycles. The number of anilines is 1. The van der Waals surface area contributed by atoms with Crippen LogP contribution < -0.4 is 9.46 Å². The third kappa shape index (κ3) is 3.85. The van der Waals surface area contributed by atoms with Gasteiger partial charge in [-0.25, -0.2) is 9.19 Å². The molecule has 0 fully saturated rings. The molecule has 3 aromatic rings. The Labute approximate surface area is 150 Å². The molecule has 0 saturated carbocycles. The van der Waals surface area contributed by atoms with Gasteiger partial charge < -0.3 is 14.4 Å². The lowest BCUT2D eigenvalue weighted by molar-refractivity contribution is 0.414. The molecule has 1 aromatic carbocycles. The first kappa shape index (κ1) is 17.5. The zero-order valence-corrected chi connectivity index (χ0v) is 15.7. The molecular formula is C19H23N3O2S. The molecule has 0 amide bonds. The summed E-state index contributed by atoms with van der Waals surface area (Å²) in [6.45, 7) is 5.86. The fourth-order valence-corrected chi connectivity index (χ4v) is 3.25. The Kier molecular flexibility index (Phi) is 4.81. The summed E-state index contributed by atoms with van der Waals surface area (Å²) in [6.07, 6.45) is 4.38. The molecule has 2 aromatic heterocycles. The van der Waals surface area contributed by atoms with Crippen LogP contribution in [0.3, 0.4) is 0 Å². The van der Waals surface area contributed by atoms with Crippen LogP contribution in [-0.2, 0) is 17.4 Å². The van der Waals surface area contributed by atoms with Crippen LogP contribution >= 0.6 is 0 Å². The van der Waals surface area contributed by atoms with Gasteiger partial charge in [-0.3, -0.25) is 0 Å². The average Bonchev–Trinajstić information content (AvgIpc) is 3.05. The lowest BCUT2D eigenvalue weighted by Crippen LogP contribution is -2.27. The van der Waals surface area contributed by atoms with E-state index < -0.39 is 11.0 Å². The standard InChI is InChI=1S/C19H23N3O2S/c1-19(2,3)25(23)22-17-14(12-21-18-16(17)9-10-20-18)11-13-5-7-15(24-4)8-6-13/h5-10,12H,11H2,1-4H3,(H2,20,21,22). The summed E-state index contributed by atoms with van der Waals surface area (Å²) in [5.74, 6) is 0.829. The van der Waals surface area contributed by atoms with Crippen molar-refractivity contribution in [1.29, 1.82) is 0 Å². The Morgan fingerprint density at radius 1 is 1.20 bits per heavy atom. The predicted octanol–water partition coefficient (Wildman–Crippen LogP) is 4.04. The Hall–Kier alpha value is -2.34. The molecule has 6 heteroatoms. The molecule has 0 spiro atoms. The van der Waals surface area contributed by atoms with Crippen LogP contribution in [0.1, 0.15) is 31.9 Å². The summed E-state index contributed by atoms with van der Waals surface area (Å²) < 4.78 is 20.7. The predicted molar refractivity (Wildman–Crippen MR) is 103 cm³/mol. The number of nitrogens with zero attached hydrogens (tertiary/aromatic N) is 1. The molecule has 0 radical (unpaired) electrons. The first-order valence-electron chi connectivity index (χ1n) is 8.15. The third-order valence-corrected chi connectivity index (χ3v) is 5.47. The highest BCUT2D eigenvalue weighted by Crippen LogP contribution is 2.29. The minimum atomic E-state index is -1.21. The lowest BCUT2D eigenvalue weighted by Gasteiger charge is -2.21. The molecule has 0 saturated heterocycles. The van der Waals surface area contributed by atoms with E-state index in [2.05, 4.69) is 14.7 Å². The van der Waals surface area contributed by atoms with Crippen molar-refractivity contribution in [3.05, 3.63) is 53.9 Å². The summed E-state index contributed by atoms with van der Waals surface area (Å²) in [4.78, 5) is 7.59. The lowest BCUT2D eigenvalue weighted by atomic mass is 10.0. The molecule has 0 aliphatic rings. The second kappa shape index (κ2) is 6.88. The van der Waals surface area contributed by atoms with E-state index >= 15 is 0 Å². The van der Waals surface area contributed by atoms with Crippen LogP contribution in [0, 0.1) is 0 Å². The number of hydrogen-bond acceptors (Lipinski definition) is 3. The van der Waals surface area contributed by atoms with Crippen molar-refractivity contribution in [1.82, 2.24) is 9.97 Å². The van der Waals surface area contributed by atoms with Crippen LogP contribution in [-0.4, -0.2) is 26.0 Å². The Morgan fingerprint density at radius 3 is 2.56 bits per heavy atom. The fraction of sp³-hybridized carbons (Fsp3) is 0.316. The number of hydrogen-bond donors (Lipinski definition) is 2. The quantitative estimate of drug-likeness (QED) is 0.724. The van der Waals surface area contributed by atoms with Crippen LogP contribution in [0.25, 0.3) is 11.0 Å². The number of pyridine rings is 1. The van der Waals surface area contributed by atoms with E-state index in [1.807, 2.05) is 63.5 Å². The van der Waals surface area contributed by atoms with Gasteiger partial charge >= 0.3 is 0 Å².